The summed E-state index contributed by atoms with van der Waals surface area (Å²) in [5.74, 6) is 6.98. The molecule has 0 saturated carbocycles. The molecule has 0 aromatic rings. The van der Waals surface area contributed by atoms with Gasteiger partial charge in [-0.15, -0.1) is 5.92 Å². The smallest absolute Gasteiger partial charge is 0.0604 e. The summed E-state index contributed by atoms with van der Waals surface area (Å²) in [5, 5.41) is 3.67. The molecule has 0 amide bonds. The minimum atomic E-state index is 0.654. The Bertz CT molecular complexity index is 249. The van der Waals surface area contributed by atoms with Gasteiger partial charge in [-0.1, -0.05) is 26.7 Å². The van der Waals surface area contributed by atoms with Crippen molar-refractivity contribution in [2.75, 3.05) is 19.6 Å². The number of nitrogens with zero attached hydrogens (tertiary/aromatic N) is 1. The minimum Gasteiger partial charge on any atom is -0.311 e. The molecule has 1 aliphatic heterocycles. The van der Waals surface area contributed by atoms with Crippen LogP contribution in [0.4, 0.5) is 0 Å². The number of hydrogen-bond donors (Lipinski definition) is 1. The van der Waals surface area contributed by atoms with E-state index in [0.29, 0.717) is 12.1 Å². The second-order valence-corrected chi connectivity index (χ2v) is 5.15. The van der Waals surface area contributed by atoms with Crippen LogP contribution in [-0.4, -0.2) is 36.6 Å². The number of nitrogens with one attached hydrogen (secondary N) is 1. The van der Waals surface area contributed by atoms with Crippen LogP contribution in [0, 0.1) is 17.8 Å². The van der Waals surface area contributed by atoms with E-state index in [1.54, 1.807) is 0 Å². The molecule has 1 rings (SSSR count). The lowest BCUT2D eigenvalue weighted by Gasteiger charge is -2.39. The number of hydrogen-bond acceptors (Lipinski definition) is 2. The quantitative estimate of drug-likeness (QED) is 0.733. The summed E-state index contributed by atoms with van der Waals surface area (Å²) in [6, 6.07) is 1.32. The SMILES string of the molecule is CC#CCN1CC(CC(C)C)NCC1CC. The van der Waals surface area contributed by atoms with Crippen molar-refractivity contribution < 1.29 is 0 Å². The van der Waals surface area contributed by atoms with Gasteiger partial charge in [-0.3, -0.25) is 4.90 Å². The Morgan fingerprint density at radius 3 is 2.75 bits per heavy atom. The summed E-state index contributed by atoms with van der Waals surface area (Å²) < 4.78 is 0. The van der Waals surface area contributed by atoms with E-state index >= 15 is 0 Å². The third-order valence-corrected chi connectivity index (χ3v) is 3.30. The second-order valence-electron chi connectivity index (χ2n) is 5.15. The standard InChI is InChI=1S/C14H26N2/c1-5-7-8-16-11-13(9-12(3)4)15-10-14(16)6-2/h12-15H,6,8-11H2,1-4H3. The predicted molar refractivity (Wildman–Crippen MR) is 70.3 cm³/mol. The Balaban J connectivity index is 2.49. The Hall–Kier alpha value is -0.520. The molecule has 1 saturated heterocycles. The fraction of sp³-hybridized carbons (Fsp3) is 0.857. The molecule has 92 valence electrons. The number of rotatable bonds is 4. The molecule has 1 aliphatic rings. The Morgan fingerprint density at radius 2 is 2.19 bits per heavy atom. The first kappa shape index (κ1) is 13.5. The summed E-state index contributed by atoms with van der Waals surface area (Å²) in [6.07, 6.45) is 2.49. The average molecular weight is 222 g/mol. The maximum atomic E-state index is 3.67. The topological polar surface area (TPSA) is 15.3 Å². The van der Waals surface area contributed by atoms with Crippen LogP contribution in [0.15, 0.2) is 0 Å². The van der Waals surface area contributed by atoms with Gasteiger partial charge in [0.1, 0.15) is 0 Å². The van der Waals surface area contributed by atoms with E-state index in [4.69, 9.17) is 0 Å². The van der Waals surface area contributed by atoms with Gasteiger partial charge in [-0.25, -0.2) is 0 Å². The molecule has 16 heavy (non-hydrogen) atoms. The molecule has 2 atom stereocenters. The van der Waals surface area contributed by atoms with Crippen molar-refractivity contribution in [3.8, 4) is 11.8 Å². The molecule has 2 nitrogen and oxygen atoms in total. The van der Waals surface area contributed by atoms with Crippen LogP contribution in [0.3, 0.4) is 0 Å². The zero-order valence-electron chi connectivity index (χ0n) is 11.2. The van der Waals surface area contributed by atoms with Crippen molar-refractivity contribution in [2.24, 2.45) is 5.92 Å². The third-order valence-electron chi connectivity index (χ3n) is 3.30. The van der Waals surface area contributed by atoms with Crippen LogP contribution in [-0.2, 0) is 0 Å². The maximum absolute atomic E-state index is 3.67. The van der Waals surface area contributed by atoms with Crippen LogP contribution in [0.25, 0.3) is 0 Å². The van der Waals surface area contributed by atoms with Crippen LogP contribution in [0.2, 0.25) is 0 Å². The summed E-state index contributed by atoms with van der Waals surface area (Å²) in [6.45, 7) is 12.0. The zero-order valence-corrected chi connectivity index (χ0v) is 11.2. The maximum Gasteiger partial charge on any atom is 0.0604 e. The second kappa shape index (κ2) is 6.93. The van der Waals surface area contributed by atoms with Gasteiger partial charge in [0, 0.05) is 25.2 Å². The van der Waals surface area contributed by atoms with Crippen LogP contribution in [0.1, 0.15) is 40.5 Å². The first-order chi connectivity index (χ1) is 7.67. The normalized spacial score (nSPS) is 26.6. The van der Waals surface area contributed by atoms with Gasteiger partial charge >= 0.3 is 0 Å². The molecule has 0 aromatic carbocycles. The summed E-state index contributed by atoms with van der Waals surface area (Å²) in [7, 11) is 0. The van der Waals surface area contributed by atoms with Crippen LogP contribution in [0.5, 0.6) is 0 Å². The molecular weight excluding hydrogens is 196 g/mol. The van der Waals surface area contributed by atoms with Crippen molar-refractivity contribution in [2.45, 2.75) is 52.6 Å². The predicted octanol–water partition coefficient (Wildman–Crippen LogP) is 2.11. The lowest BCUT2D eigenvalue weighted by molar-refractivity contribution is 0.134. The lowest BCUT2D eigenvalue weighted by Crippen LogP contribution is -2.56. The van der Waals surface area contributed by atoms with Crippen molar-refractivity contribution in [3.05, 3.63) is 0 Å². The molecular formula is C14H26N2. The summed E-state index contributed by atoms with van der Waals surface area (Å²) in [5.41, 5.74) is 0. The molecule has 2 unspecified atom stereocenters. The monoisotopic (exact) mass is 222 g/mol. The molecule has 2 heteroatoms. The molecule has 0 aliphatic carbocycles. The molecule has 0 bridgehead atoms. The Kier molecular flexibility index (Phi) is 5.87. The Labute approximate surface area is 101 Å². The van der Waals surface area contributed by atoms with E-state index in [2.05, 4.69) is 42.8 Å². The fourth-order valence-corrected chi connectivity index (χ4v) is 2.43. The van der Waals surface area contributed by atoms with E-state index < -0.39 is 0 Å². The van der Waals surface area contributed by atoms with Gasteiger partial charge < -0.3 is 5.32 Å². The van der Waals surface area contributed by atoms with E-state index in [1.807, 2.05) is 6.92 Å². The van der Waals surface area contributed by atoms with E-state index in [1.165, 1.54) is 12.8 Å². The molecule has 1 heterocycles. The summed E-state index contributed by atoms with van der Waals surface area (Å²) >= 11 is 0. The first-order valence-corrected chi connectivity index (χ1v) is 6.54. The highest BCUT2D eigenvalue weighted by Gasteiger charge is 2.26. The zero-order chi connectivity index (χ0) is 12.0. The van der Waals surface area contributed by atoms with E-state index in [-0.39, 0.29) is 0 Å². The lowest BCUT2D eigenvalue weighted by atomic mass is 9.99. The van der Waals surface area contributed by atoms with Gasteiger partial charge in [0.25, 0.3) is 0 Å². The summed E-state index contributed by atoms with van der Waals surface area (Å²) in [4.78, 5) is 2.54. The molecule has 0 spiro atoms. The molecule has 0 radical (unpaired) electrons. The first-order valence-electron chi connectivity index (χ1n) is 6.54. The van der Waals surface area contributed by atoms with Gasteiger partial charge in [0.2, 0.25) is 0 Å². The van der Waals surface area contributed by atoms with Crippen LogP contribution < -0.4 is 5.32 Å². The van der Waals surface area contributed by atoms with Crippen molar-refractivity contribution in [1.29, 1.82) is 0 Å². The average Bonchev–Trinajstić information content (AvgIpc) is 2.25. The van der Waals surface area contributed by atoms with E-state index in [0.717, 1.165) is 25.6 Å². The van der Waals surface area contributed by atoms with Gasteiger partial charge in [0.15, 0.2) is 0 Å². The van der Waals surface area contributed by atoms with Crippen LogP contribution >= 0.6 is 0 Å². The van der Waals surface area contributed by atoms with Crippen molar-refractivity contribution in [1.82, 2.24) is 10.2 Å². The number of piperazine rings is 1. The van der Waals surface area contributed by atoms with E-state index in [9.17, 15) is 0 Å². The minimum absolute atomic E-state index is 0.654. The highest BCUT2D eigenvalue weighted by molar-refractivity contribution is 5.00. The Morgan fingerprint density at radius 1 is 1.44 bits per heavy atom. The molecule has 1 fully saturated rings. The fourth-order valence-electron chi connectivity index (χ4n) is 2.43. The van der Waals surface area contributed by atoms with Gasteiger partial charge in [-0.05, 0) is 25.7 Å². The highest BCUT2D eigenvalue weighted by Crippen LogP contribution is 2.14. The van der Waals surface area contributed by atoms with Crippen molar-refractivity contribution in [3.63, 3.8) is 0 Å². The highest BCUT2D eigenvalue weighted by atomic mass is 15.2. The molecule has 0 aromatic heterocycles. The third kappa shape index (κ3) is 4.15. The van der Waals surface area contributed by atoms with Gasteiger partial charge in [-0.2, -0.15) is 0 Å². The molecule has 1 N–H and O–H groups in total. The van der Waals surface area contributed by atoms with Crippen molar-refractivity contribution >= 4 is 0 Å². The van der Waals surface area contributed by atoms with Gasteiger partial charge in [0.05, 0.1) is 6.54 Å². The largest absolute Gasteiger partial charge is 0.311 e.